The molecule has 0 saturated heterocycles. The predicted octanol–water partition coefficient (Wildman–Crippen LogP) is 2.62. The topological polar surface area (TPSA) is 44.1 Å². The summed E-state index contributed by atoms with van der Waals surface area (Å²) in [7, 11) is 1.89. The highest BCUT2D eigenvalue weighted by Crippen LogP contribution is 2.28. The Kier molecular flexibility index (Phi) is 4.15. The van der Waals surface area contributed by atoms with Crippen molar-refractivity contribution in [1.82, 2.24) is 9.78 Å². The van der Waals surface area contributed by atoms with E-state index in [0.717, 1.165) is 22.9 Å². The molecular formula is C13H13BrN2O2. The van der Waals surface area contributed by atoms with E-state index < -0.39 is 0 Å². The summed E-state index contributed by atoms with van der Waals surface area (Å²) in [4.78, 5) is 10.9. The first kappa shape index (κ1) is 12.8. The van der Waals surface area contributed by atoms with Gasteiger partial charge < -0.3 is 4.74 Å². The Labute approximate surface area is 114 Å². The number of carbonyl (C=O) groups excluding carboxylic acids is 1. The standard InChI is InChI=1S/C13H13BrN2O2/c1-16-11(5-7-15-16)6-8-18-13-10(9-17)3-2-4-12(13)14/h2-5,7,9H,6,8H2,1H3. The second-order valence-corrected chi connectivity index (χ2v) is 4.67. The molecule has 2 rings (SSSR count). The monoisotopic (exact) mass is 308 g/mol. The molecule has 5 heteroatoms. The van der Waals surface area contributed by atoms with Gasteiger partial charge in [0.25, 0.3) is 0 Å². The van der Waals surface area contributed by atoms with Crippen LogP contribution in [0.1, 0.15) is 16.1 Å². The quantitative estimate of drug-likeness (QED) is 0.798. The molecule has 0 spiro atoms. The van der Waals surface area contributed by atoms with Crippen LogP contribution in [0.5, 0.6) is 5.75 Å². The minimum absolute atomic E-state index is 0.503. The molecule has 0 fully saturated rings. The first-order chi connectivity index (χ1) is 8.72. The van der Waals surface area contributed by atoms with Crippen LogP contribution < -0.4 is 4.74 Å². The van der Waals surface area contributed by atoms with E-state index in [1.165, 1.54) is 0 Å². The highest BCUT2D eigenvalue weighted by atomic mass is 79.9. The summed E-state index contributed by atoms with van der Waals surface area (Å²) in [5, 5.41) is 4.09. The number of aryl methyl sites for hydroxylation is 1. The van der Waals surface area contributed by atoms with Gasteiger partial charge in [-0.2, -0.15) is 5.10 Å². The molecule has 0 atom stereocenters. The molecule has 0 unspecified atom stereocenters. The number of benzene rings is 1. The second kappa shape index (κ2) is 5.82. The lowest BCUT2D eigenvalue weighted by Gasteiger charge is -2.10. The van der Waals surface area contributed by atoms with Crippen LogP contribution >= 0.6 is 15.9 Å². The number of hydrogen-bond acceptors (Lipinski definition) is 3. The van der Waals surface area contributed by atoms with Crippen LogP contribution in [-0.4, -0.2) is 22.7 Å². The van der Waals surface area contributed by atoms with Crippen molar-refractivity contribution < 1.29 is 9.53 Å². The van der Waals surface area contributed by atoms with Crippen molar-refractivity contribution in [2.45, 2.75) is 6.42 Å². The van der Waals surface area contributed by atoms with E-state index in [1.807, 2.05) is 29.9 Å². The number of carbonyl (C=O) groups is 1. The van der Waals surface area contributed by atoms with E-state index in [1.54, 1.807) is 12.3 Å². The van der Waals surface area contributed by atoms with Gasteiger partial charge in [-0.3, -0.25) is 9.48 Å². The van der Waals surface area contributed by atoms with Crippen molar-refractivity contribution >= 4 is 22.2 Å². The third-order valence-electron chi connectivity index (χ3n) is 2.65. The van der Waals surface area contributed by atoms with Crippen molar-refractivity contribution in [3.05, 3.63) is 46.2 Å². The van der Waals surface area contributed by atoms with Crippen molar-refractivity contribution in [3.8, 4) is 5.75 Å². The van der Waals surface area contributed by atoms with Crippen LogP contribution in [0.15, 0.2) is 34.9 Å². The van der Waals surface area contributed by atoms with E-state index >= 15 is 0 Å². The van der Waals surface area contributed by atoms with Crippen LogP contribution in [0.3, 0.4) is 0 Å². The van der Waals surface area contributed by atoms with E-state index in [-0.39, 0.29) is 0 Å². The molecule has 0 bridgehead atoms. The van der Waals surface area contributed by atoms with E-state index in [9.17, 15) is 4.79 Å². The summed E-state index contributed by atoms with van der Waals surface area (Å²) in [6, 6.07) is 7.34. The van der Waals surface area contributed by atoms with Gasteiger partial charge in [0.1, 0.15) is 5.75 Å². The summed E-state index contributed by atoms with van der Waals surface area (Å²) < 4.78 is 8.27. The minimum atomic E-state index is 0.503. The number of aromatic nitrogens is 2. The Morgan fingerprint density at radius 3 is 2.94 bits per heavy atom. The normalized spacial score (nSPS) is 10.3. The first-order valence-electron chi connectivity index (χ1n) is 5.55. The molecule has 0 amide bonds. The molecule has 0 N–H and O–H groups in total. The Hall–Kier alpha value is -1.62. The van der Waals surface area contributed by atoms with Crippen LogP contribution in [0.4, 0.5) is 0 Å². The molecule has 18 heavy (non-hydrogen) atoms. The van der Waals surface area contributed by atoms with Crippen LogP contribution in [0.25, 0.3) is 0 Å². The smallest absolute Gasteiger partial charge is 0.153 e. The number of halogens is 1. The van der Waals surface area contributed by atoms with Gasteiger partial charge in [0.2, 0.25) is 0 Å². The highest BCUT2D eigenvalue weighted by molar-refractivity contribution is 9.10. The van der Waals surface area contributed by atoms with E-state index in [4.69, 9.17) is 4.74 Å². The number of hydrogen-bond donors (Lipinski definition) is 0. The van der Waals surface area contributed by atoms with Gasteiger partial charge in [-0.05, 0) is 34.1 Å². The molecule has 0 saturated carbocycles. The Bertz CT molecular complexity index is 552. The lowest BCUT2D eigenvalue weighted by molar-refractivity contribution is 0.111. The Balaban J connectivity index is 2.02. The summed E-state index contributed by atoms with van der Waals surface area (Å²) >= 11 is 3.38. The molecule has 0 aliphatic heterocycles. The van der Waals surface area contributed by atoms with Gasteiger partial charge in [0.15, 0.2) is 6.29 Å². The van der Waals surface area contributed by atoms with Crippen molar-refractivity contribution in [1.29, 1.82) is 0 Å². The van der Waals surface area contributed by atoms with Gasteiger partial charge in [0.05, 0.1) is 16.6 Å². The molecule has 2 aromatic rings. The number of rotatable bonds is 5. The number of para-hydroxylation sites is 1. The van der Waals surface area contributed by atoms with Gasteiger partial charge >= 0.3 is 0 Å². The molecule has 1 aromatic carbocycles. The lowest BCUT2D eigenvalue weighted by Crippen LogP contribution is -2.07. The van der Waals surface area contributed by atoms with E-state index in [0.29, 0.717) is 17.9 Å². The Morgan fingerprint density at radius 1 is 1.44 bits per heavy atom. The third-order valence-corrected chi connectivity index (χ3v) is 3.28. The van der Waals surface area contributed by atoms with Gasteiger partial charge in [-0.1, -0.05) is 6.07 Å². The third kappa shape index (κ3) is 2.79. The maximum absolute atomic E-state index is 10.9. The molecule has 1 aromatic heterocycles. The fourth-order valence-electron chi connectivity index (χ4n) is 1.67. The van der Waals surface area contributed by atoms with Crippen molar-refractivity contribution in [2.24, 2.45) is 7.05 Å². The zero-order chi connectivity index (χ0) is 13.0. The largest absolute Gasteiger partial charge is 0.491 e. The molecule has 0 aliphatic carbocycles. The Morgan fingerprint density at radius 2 is 2.28 bits per heavy atom. The van der Waals surface area contributed by atoms with Gasteiger partial charge in [0, 0.05) is 25.4 Å². The van der Waals surface area contributed by atoms with Crippen LogP contribution in [0.2, 0.25) is 0 Å². The van der Waals surface area contributed by atoms with Crippen LogP contribution in [0, 0.1) is 0 Å². The average molecular weight is 309 g/mol. The maximum atomic E-state index is 10.9. The first-order valence-corrected chi connectivity index (χ1v) is 6.35. The number of aldehydes is 1. The molecule has 94 valence electrons. The van der Waals surface area contributed by atoms with Gasteiger partial charge in [-0.25, -0.2) is 0 Å². The predicted molar refractivity (Wildman–Crippen MR) is 71.9 cm³/mol. The average Bonchev–Trinajstić information content (AvgIpc) is 2.77. The van der Waals surface area contributed by atoms with Gasteiger partial charge in [-0.15, -0.1) is 0 Å². The molecule has 4 nitrogen and oxygen atoms in total. The van der Waals surface area contributed by atoms with Crippen molar-refractivity contribution in [3.63, 3.8) is 0 Å². The second-order valence-electron chi connectivity index (χ2n) is 3.82. The van der Waals surface area contributed by atoms with Crippen LogP contribution in [-0.2, 0) is 13.5 Å². The molecular weight excluding hydrogens is 296 g/mol. The summed E-state index contributed by atoms with van der Waals surface area (Å²) in [5.41, 5.74) is 1.64. The zero-order valence-corrected chi connectivity index (χ0v) is 11.6. The lowest BCUT2D eigenvalue weighted by atomic mass is 10.2. The molecule has 1 heterocycles. The fraction of sp³-hybridized carbons (Fsp3) is 0.231. The molecule has 0 aliphatic rings. The van der Waals surface area contributed by atoms with E-state index in [2.05, 4.69) is 21.0 Å². The summed E-state index contributed by atoms with van der Waals surface area (Å²) in [5.74, 6) is 0.592. The SMILES string of the molecule is Cn1nccc1CCOc1c(Br)cccc1C=O. The summed E-state index contributed by atoms with van der Waals surface area (Å²) in [6.07, 6.45) is 3.30. The fourth-order valence-corrected chi connectivity index (χ4v) is 2.17. The highest BCUT2D eigenvalue weighted by Gasteiger charge is 2.07. The zero-order valence-electron chi connectivity index (χ0n) is 9.97. The minimum Gasteiger partial charge on any atom is -0.491 e. The molecule has 0 radical (unpaired) electrons. The maximum Gasteiger partial charge on any atom is 0.153 e. The number of nitrogens with zero attached hydrogens (tertiary/aromatic N) is 2. The van der Waals surface area contributed by atoms with Crippen molar-refractivity contribution in [2.75, 3.05) is 6.61 Å². The number of ether oxygens (including phenoxy) is 1. The summed E-state index contributed by atoms with van der Waals surface area (Å²) in [6.45, 7) is 0.503.